The van der Waals surface area contributed by atoms with Crippen molar-refractivity contribution in [3.05, 3.63) is 40.1 Å². The lowest BCUT2D eigenvalue weighted by Gasteiger charge is -1.99. The van der Waals surface area contributed by atoms with Crippen LogP contribution < -0.4 is 0 Å². The zero-order valence-electron chi connectivity index (χ0n) is 10.6. The molecule has 0 atom stereocenters. The Bertz CT molecular complexity index is 849. The third kappa shape index (κ3) is 3.09. The molecule has 0 aliphatic carbocycles. The second-order valence-electron chi connectivity index (χ2n) is 4.02. The third-order valence-electron chi connectivity index (χ3n) is 2.60. The van der Waals surface area contributed by atoms with Gasteiger partial charge in [-0.05, 0) is 29.5 Å². The van der Waals surface area contributed by atoms with Gasteiger partial charge in [0.15, 0.2) is 15.1 Å². The molecule has 22 heavy (non-hydrogen) atoms. The highest BCUT2D eigenvalue weighted by atomic mass is 35.5. The Morgan fingerprint density at radius 3 is 2.86 bits per heavy atom. The number of hydrogen-bond acceptors (Lipinski definition) is 6. The second kappa shape index (κ2) is 6.25. The van der Waals surface area contributed by atoms with Crippen molar-refractivity contribution >= 4 is 52.3 Å². The van der Waals surface area contributed by atoms with Crippen molar-refractivity contribution in [1.29, 1.82) is 0 Å². The Balaban J connectivity index is 1.86. The number of carboxylic acid groups (broad SMARTS) is 1. The van der Waals surface area contributed by atoms with Gasteiger partial charge in [-0.15, -0.1) is 16.4 Å². The molecule has 2 N–H and O–H groups in total. The number of H-pyrrole nitrogens is 1. The largest absolute Gasteiger partial charge is 0.476 e. The van der Waals surface area contributed by atoms with E-state index >= 15 is 0 Å². The highest BCUT2D eigenvalue weighted by molar-refractivity contribution is 8.01. The van der Waals surface area contributed by atoms with E-state index in [-0.39, 0.29) is 10.7 Å². The predicted molar refractivity (Wildman–Crippen MR) is 85.0 cm³/mol. The maximum absolute atomic E-state index is 11.0. The van der Waals surface area contributed by atoms with E-state index < -0.39 is 5.97 Å². The lowest BCUT2D eigenvalue weighted by Crippen LogP contribution is -1.98. The van der Waals surface area contributed by atoms with Crippen LogP contribution in [0, 0.1) is 0 Å². The molecule has 6 nitrogen and oxygen atoms in total. The van der Waals surface area contributed by atoms with Gasteiger partial charge in [-0.1, -0.05) is 34.5 Å². The summed E-state index contributed by atoms with van der Waals surface area (Å²) in [5.74, 6) is -1.12. The average molecular weight is 373 g/mol. The number of hydrogen-bond donors (Lipinski definition) is 2. The molecule has 1 aromatic carbocycles. The Morgan fingerprint density at radius 1 is 1.32 bits per heavy atom. The van der Waals surface area contributed by atoms with E-state index in [9.17, 15) is 4.79 Å². The normalized spacial score (nSPS) is 10.8. The lowest BCUT2D eigenvalue weighted by molar-refractivity contribution is 0.0686. The minimum Gasteiger partial charge on any atom is -0.476 e. The average Bonchev–Trinajstić information content (AvgIpc) is 3.11. The molecule has 0 amide bonds. The summed E-state index contributed by atoms with van der Waals surface area (Å²) >= 11 is 14.4. The van der Waals surface area contributed by atoms with Gasteiger partial charge in [0.2, 0.25) is 0 Å². The van der Waals surface area contributed by atoms with Crippen LogP contribution in [0.4, 0.5) is 0 Å². The lowest BCUT2D eigenvalue weighted by atomic mass is 10.2. The second-order valence-corrected chi connectivity index (χ2v) is 7.10. The molecule has 0 aliphatic rings. The van der Waals surface area contributed by atoms with E-state index in [1.807, 2.05) is 6.07 Å². The molecule has 0 fully saturated rings. The number of aromatic nitrogens is 4. The van der Waals surface area contributed by atoms with Crippen LogP contribution in [0.2, 0.25) is 10.0 Å². The van der Waals surface area contributed by atoms with Crippen LogP contribution in [-0.4, -0.2) is 31.5 Å². The number of aromatic amines is 1. The highest BCUT2D eigenvalue weighted by Gasteiger charge is 2.17. The SMILES string of the molecule is O=C(O)c1[nH]nnc1Sc1ncc(-c2ccc(Cl)c(Cl)c2)s1. The minimum atomic E-state index is -1.12. The van der Waals surface area contributed by atoms with Crippen LogP contribution in [0.3, 0.4) is 0 Å². The molecule has 0 unspecified atom stereocenters. The molecular formula is C12H6Cl2N4O2S2. The molecule has 10 heteroatoms. The number of carboxylic acids is 1. The molecule has 0 aliphatic heterocycles. The van der Waals surface area contributed by atoms with Crippen molar-refractivity contribution < 1.29 is 9.90 Å². The van der Waals surface area contributed by atoms with Gasteiger partial charge < -0.3 is 5.11 Å². The van der Waals surface area contributed by atoms with Crippen LogP contribution in [0.25, 0.3) is 10.4 Å². The van der Waals surface area contributed by atoms with Gasteiger partial charge in [-0.2, -0.15) is 0 Å². The summed E-state index contributed by atoms with van der Waals surface area (Å²) in [4.78, 5) is 16.1. The summed E-state index contributed by atoms with van der Waals surface area (Å²) in [6, 6.07) is 5.31. The number of nitrogens with one attached hydrogen (secondary N) is 1. The van der Waals surface area contributed by atoms with Crippen LogP contribution >= 0.6 is 46.3 Å². The Hall–Kier alpha value is -1.61. The summed E-state index contributed by atoms with van der Waals surface area (Å²) in [5, 5.41) is 19.8. The number of rotatable bonds is 4. The minimum absolute atomic E-state index is 0.0590. The van der Waals surface area contributed by atoms with E-state index in [0.717, 1.165) is 22.2 Å². The molecule has 0 spiro atoms. The first-order valence-corrected chi connectivity index (χ1v) is 8.17. The Morgan fingerprint density at radius 2 is 2.14 bits per heavy atom. The van der Waals surface area contributed by atoms with Crippen LogP contribution in [-0.2, 0) is 0 Å². The van der Waals surface area contributed by atoms with Crippen molar-refractivity contribution in [1.82, 2.24) is 20.4 Å². The first-order valence-electron chi connectivity index (χ1n) is 5.78. The molecule has 2 aromatic heterocycles. The highest BCUT2D eigenvalue weighted by Crippen LogP contribution is 2.37. The molecule has 3 aromatic rings. The zero-order valence-corrected chi connectivity index (χ0v) is 13.7. The molecule has 0 bridgehead atoms. The van der Waals surface area contributed by atoms with E-state index in [2.05, 4.69) is 20.4 Å². The van der Waals surface area contributed by atoms with Gasteiger partial charge >= 0.3 is 5.97 Å². The fraction of sp³-hybridized carbons (Fsp3) is 0. The van der Waals surface area contributed by atoms with Crippen LogP contribution in [0.15, 0.2) is 33.8 Å². The van der Waals surface area contributed by atoms with Crippen molar-refractivity contribution in [2.45, 2.75) is 9.37 Å². The summed E-state index contributed by atoms with van der Waals surface area (Å²) in [6.07, 6.45) is 1.69. The summed E-state index contributed by atoms with van der Waals surface area (Å²) in [6.45, 7) is 0. The van der Waals surface area contributed by atoms with E-state index in [0.29, 0.717) is 14.4 Å². The number of thiazole rings is 1. The molecule has 0 saturated carbocycles. The molecule has 0 radical (unpaired) electrons. The Kier molecular flexibility index (Phi) is 4.34. The van der Waals surface area contributed by atoms with E-state index in [1.54, 1.807) is 18.3 Å². The van der Waals surface area contributed by atoms with Gasteiger partial charge in [0, 0.05) is 6.20 Å². The zero-order chi connectivity index (χ0) is 15.7. The standard InChI is InChI=1S/C12H6Cl2N4O2S2/c13-6-2-1-5(3-7(6)14)8-4-15-12(21-8)22-10-9(11(19)20)16-18-17-10/h1-4H,(H,19,20)(H,16,17,18). The topological polar surface area (TPSA) is 91.8 Å². The molecule has 3 rings (SSSR count). The van der Waals surface area contributed by atoms with Gasteiger partial charge in [0.1, 0.15) is 0 Å². The molecule has 0 saturated heterocycles. The van der Waals surface area contributed by atoms with Gasteiger partial charge in [-0.25, -0.2) is 9.78 Å². The number of aromatic carboxylic acids is 1. The predicted octanol–water partition coefficient (Wildman–Crippen LogP) is 4.08. The summed E-state index contributed by atoms with van der Waals surface area (Å²) in [5.41, 5.74) is 0.827. The van der Waals surface area contributed by atoms with Gasteiger partial charge in [-0.3, -0.25) is 5.10 Å². The molecular weight excluding hydrogens is 367 g/mol. The molecule has 2 heterocycles. The van der Waals surface area contributed by atoms with Gasteiger partial charge in [0.05, 0.1) is 14.9 Å². The number of nitrogens with zero attached hydrogens (tertiary/aromatic N) is 3. The first-order chi connectivity index (χ1) is 10.5. The monoisotopic (exact) mass is 372 g/mol. The van der Waals surface area contributed by atoms with E-state index in [4.69, 9.17) is 28.3 Å². The summed E-state index contributed by atoms with van der Waals surface area (Å²) in [7, 11) is 0. The number of halogens is 2. The first kappa shape index (κ1) is 15.3. The van der Waals surface area contributed by atoms with Crippen molar-refractivity contribution in [3.8, 4) is 10.4 Å². The third-order valence-corrected chi connectivity index (χ3v) is 5.44. The van der Waals surface area contributed by atoms with Crippen LogP contribution in [0.1, 0.15) is 10.5 Å². The fourth-order valence-electron chi connectivity index (χ4n) is 1.60. The maximum Gasteiger partial charge on any atom is 0.356 e. The van der Waals surface area contributed by atoms with Gasteiger partial charge in [0.25, 0.3) is 0 Å². The smallest absolute Gasteiger partial charge is 0.356 e. The van der Waals surface area contributed by atoms with Crippen LogP contribution in [0.5, 0.6) is 0 Å². The van der Waals surface area contributed by atoms with E-state index in [1.165, 1.54) is 11.3 Å². The van der Waals surface area contributed by atoms with Crippen molar-refractivity contribution in [3.63, 3.8) is 0 Å². The number of carbonyl (C=O) groups is 1. The summed E-state index contributed by atoms with van der Waals surface area (Å²) < 4.78 is 0.650. The Labute approximate surface area is 142 Å². The van der Waals surface area contributed by atoms with Crippen molar-refractivity contribution in [2.24, 2.45) is 0 Å². The fourth-order valence-corrected chi connectivity index (χ4v) is 3.80. The number of benzene rings is 1. The van der Waals surface area contributed by atoms with Crippen molar-refractivity contribution in [2.75, 3.05) is 0 Å². The molecule has 112 valence electrons. The maximum atomic E-state index is 11.0. The quantitative estimate of drug-likeness (QED) is 0.716.